The summed E-state index contributed by atoms with van der Waals surface area (Å²) < 4.78 is 0. The van der Waals surface area contributed by atoms with Gasteiger partial charge in [-0.1, -0.05) is 223 Å². The molecule has 0 bridgehead atoms. The van der Waals surface area contributed by atoms with Crippen molar-refractivity contribution in [2.24, 2.45) is 0 Å². The first-order chi connectivity index (χ1) is 20.2. The highest BCUT2D eigenvalue weighted by atomic mass is 33.7. The zero-order chi connectivity index (χ0) is 30.0. The fourth-order valence-electron chi connectivity index (χ4n) is 5.56. The van der Waals surface area contributed by atoms with Crippen LogP contribution in [-0.4, -0.2) is 17.3 Å². The molecule has 0 aliphatic heterocycles. The zero-order valence-corrected chi connectivity index (χ0v) is 32.6. The summed E-state index contributed by atoms with van der Waals surface area (Å²) in [5.41, 5.74) is 0. The van der Waals surface area contributed by atoms with Crippen LogP contribution in [0.1, 0.15) is 213 Å². The fraction of sp³-hybridized carbons (Fsp3) is 1.00. The Labute approximate surface area is 276 Å². The van der Waals surface area contributed by atoms with Gasteiger partial charge in [0.15, 0.2) is 0 Å². The van der Waals surface area contributed by atoms with E-state index in [1.807, 2.05) is 0 Å². The molecule has 248 valence electrons. The molecule has 0 radical (unpaired) electrons. The van der Waals surface area contributed by atoms with Gasteiger partial charge in [-0.3, -0.25) is 0 Å². The Kier molecular flexibility index (Phi) is 37.4. The zero-order valence-electron chi connectivity index (χ0n) is 28.4. The molecule has 0 saturated heterocycles. The minimum Gasteiger partial charge on any atom is -0.0952 e. The van der Waals surface area contributed by atoms with Gasteiger partial charge in [0.1, 0.15) is 0 Å². The second kappa shape index (κ2) is 36.0. The number of hydrogen-bond acceptors (Lipinski definition) is 3. The molecule has 0 saturated carbocycles. The molecule has 0 aromatic carbocycles. The van der Waals surface area contributed by atoms with Crippen molar-refractivity contribution in [3.63, 3.8) is 0 Å². The highest BCUT2D eigenvalue weighted by molar-refractivity contribution is 9.40. The second-order valence-corrected chi connectivity index (χ2v) is 26.2. The highest BCUT2D eigenvalue weighted by Gasteiger charge is 2.23. The SMILES string of the molecule is CCCCCCCCCCCCSS(CCCCCCCCCCCC)(P=S)SCCCCCCCCCCCC. The van der Waals surface area contributed by atoms with Gasteiger partial charge in [-0.25, -0.2) is 0 Å². The van der Waals surface area contributed by atoms with E-state index in [0.29, 0.717) is 0 Å². The maximum Gasteiger partial charge on any atom is 0.0433 e. The lowest BCUT2D eigenvalue weighted by Gasteiger charge is -2.33. The molecule has 0 N–H and O–H groups in total. The van der Waals surface area contributed by atoms with E-state index >= 15 is 0 Å². The van der Waals surface area contributed by atoms with Crippen LogP contribution in [0.4, 0.5) is 0 Å². The molecule has 0 fully saturated rings. The van der Waals surface area contributed by atoms with Crippen LogP contribution in [0.2, 0.25) is 0 Å². The van der Waals surface area contributed by atoms with Crippen molar-refractivity contribution in [3.8, 4) is 0 Å². The summed E-state index contributed by atoms with van der Waals surface area (Å²) in [6.45, 7) is 8.24. The standard InChI is InChI=1S/C36H75PS4/c1-4-7-10-13-16-19-22-25-28-31-34-39-41(37-38,36-33-30-27-24-21-18-15-12-9-6-3)40-35-32-29-26-23-20-17-14-11-8-5-2/h4-36H2,1-3H3. The number of unbranched alkanes of at least 4 members (excludes halogenated alkanes) is 27. The molecule has 0 aromatic rings. The van der Waals surface area contributed by atoms with E-state index in [0.717, 1.165) is 0 Å². The minimum atomic E-state index is -0.742. The van der Waals surface area contributed by atoms with Crippen LogP contribution in [0.5, 0.6) is 0 Å². The Morgan fingerprint density at radius 1 is 0.366 bits per heavy atom. The third-order valence-electron chi connectivity index (χ3n) is 8.40. The van der Waals surface area contributed by atoms with Crippen molar-refractivity contribution < 1.29 is 0 Å². The van der Waals surface area contributed by atoms with E-state index in [2.05, 4.69) is 42.4 Å². The third-order valence-corrected chi connectivity index (χ3v) is 25.5. The summed E-state index contributed by atoms with van der Waals surface area (Å²) in [4.78, 5) is 0. The van der Waals surface area contributed by atoms with E-state index < -0.39 is 7.71 Å². The Morgan fingerprint density at radius 3 is 0.878 bits per heavy atom. The van der Waals surface area contributed by atoms with Crippen LogP contribution in [-0.2, 0) is 11.8 Å². The lowest BCUT2D eigenvalue weighted by Crippen LogP contribution is -1.95. The van der Waals surface area contributed by atoms with Crippen molar-refractivity contribution in [2.45, 2.75) is 213 Å². The first-order valence-electron chi connectivity index (χ1n) is 18.7. The summed E-state index contributed by atoms with van der Waals surface area (Å²) in [6, 6.07) is 0. The summed E-state index contributed by atoms with van der Waals surface area (Å²) in [5.74, 6) is 4.13. The molecule has 41 heavy (non-hydrogen) atoms. The predicted molar refractivity (Wildman–Crippen MR) is 207 cm³/mol. The molecular formula is C36H75PS4. The van der Waals surface area contributed by atoms with Crippen LogP contribution in [0.3, 0.4) is 0 Å². The van der Waals surface area contributed by atoms with Crippen molar-refractivity contribution in [1.29, 1.82) is 0 Å². The molecule has 0 rings (SSSR count). The van der Waals surface area contributed by atoms with E-state index in [1.54, 1.807) is 0 Å². The van der Waals surface area contributed by atoms with E-state index in [4.69, 9.17) is 11.8 Å². The van der Waals surface area contributed by atoms with Gasteiger partial charge in [0.25, 0.3) is 0 Å². The molecule has 0 unspecified atom stereocenters. The van der Waals surface area contributed by atoms with Crippen LogP contribution in [0.15, 0.2) is 0 Å². The lowest BCUT2D eigenvalue weighted by atomic mass is 10.1. The fourth-order valence-corrected chi connectivity index (χ4v) is 19.5. The van der Waals surface area contributed by atoms with Gasteiger partial charge in [0, 0.05) is 23.8 Å². The summed E-state index contributed by atoms with van der Waals surface area (Å²) in [6.07, 6.45) is 43.2. The lowest BCUT2D eigenvalue weighted by molar-refractivity contribution is 0.563. The first kappa shape index (κ1) is 42.6. The molecule has 0 spiro atoms. The molecule has 5 heteroatoms. The molecular weight excluding hydrogens is 592 g/mol. The Bertz CT molecular complexity index is 476. The van der Waals surface area contributed by atoms with Gasteiger partial charge >= 0.3 is 0 Å². The smallest absolute Gasteiger partial charge is 0.0433 e. The molecule has 0 nitrogen and oxygen atoms in total. The maximum absolute atomic E-state index is 5.88. The Hall–Kier alpha value is 1.57. The van der Waals surface area contributed by atoms with E-state index in [-0.39, 0.29) is 0 Å². The van der Waals surface area contributed by atoms with Crippen LogP contribution >= 0.6 is 35.9 Å². The van der Waals surface area contributed by atoms with Crippen LogP contribution in [0, 0.1) is 0 Å². The van der Waals surface area contributed by atoms with Crippen molar-refractivity contribution in [2.75, 3.05) is 17.3 Å². The summed E-state index contributed by atoms with van der Waals surface area (Å²) >= 11 is 5.88. The van der Waals surface area contributed by atoms with E-state index in [9.17, 15) is 0 Å². The van der Waals surface area contributed by atoms with Crippen molar-refractivity contribution >= 4 is 47.7 Å². The third kappa shape index (κ3) is 31.3. The Balaban J connectivity index is 4.22. The highest BCUT2D eigenvalue weighted by Crippen LogP contribution is 2.78. The molecule has 0 heterocycles. The van der Waals surface area contributed by atoms with E-state index in [1.165, 1.54) is 216 Å². The summed E-state index contributed by atoms with van der Waals surface area (Å²) in [7, 11) is 3.93. The summed E-state index contributed by atoms with van der Waals surface area (Å²) in [5, 5.41) is 0. The van der Waals surface area contributed by atoms with Crippen molar-refractivity contribution in [3.05, 3.63) is 0 Å². The largest absolute Gasteiger partial charge is 0.0952 e. The number of hydrogen-bond donors (Lipinski definition) is 0. The normalized spacial score (nSPS) is 12.5. The molecule has 0 atom stereocenters. The van der Waals surface area contributed by atoms with Gasteiger partial charge in [-0.2, -0.15) is 0 Å². The quantitative estimate of drug-likeness (QED) is 0.0371. The molecule has 0 aliphatic rings. The average molecular weight is 667 g/mol. The molecule has 0 aliphatic carbocycles. The van der Waals surface area contributed by atoms with Crippen LogP contribution < -0.4 is 0 Å². The maximum atomic E-state index is 5.88. The van der Waals surface area contributed by atoms with Crippen LogP contribution in [0.25, 0.3) is 0 Å². The second-order valence-electron chi connectivity index (χ2n) is 12.6. The van der Waals surface area contributed by atoms with Gasteiger partial charge in [0.05, 0.1) is 0 Å². The van der Waals surface area contributed by atoms with Crippen molar-refractivity contribution in [1.82, 2.24) is 0 Å². The minimum absolute atomic E-state index is 0.742. The first-order valence-corrected chi connectivity index (χ1v) is 26.0. The number of rotatable bonds is 36. The van der Waals surface area contributed by atoms with Gasteiger partial charge in [-0.15, -0.1) is 0 Å². The average Bonchev–Trinajstić information content (AvgIpc) is 2.99. The Morgan fingerprint density at radius 2 is 0.610 bits per heavy atom. The molecule has 0 amide bonds. The predicted octanol–water partition coefficient (Wildman–Crippen LogP) is 16.2. The topological polar surface area (TPSA) is 0 Å². The van der Waals surface area contributed by atoms with Gasteiger partial charge in [0.2, 0.25) is 0 Å². The van der Waals surface area contributed by atoms with Gasteiger partial charge in [-0.05, 0) is 31.1 Å². The monoisotopic (exact) mass is 666 g/mol. The molecule has 0 aromatic heterocycles. The van der Waals surface area contributed by atoms with Gasteiger partial charge < -0.3 is 0 Å².